The molecule has 6 heteroatoms. The summed E-state index contributed by atoms with van der Waals surface area (Å²) in [7, 11) is -3.46. The fourth-order valence-corrected chi connectivity index (χ4v) is 3.80. The highest BCUT2D eigenvalue weighted by Crippen LogP contribution is 2.20. The molecule has 1 aromatic rings. The lowest BCUT2D eigenvalue weighted by atomic mass is 10.1. The first-order chi connectivity index (χ1) is 8.95. The quantitative estimate of drug-likeness (QED) is 0.871. The van der Waals surface area contributed by atoms with Gasteiger partial charge in [-0.05, 0) is 37.6 Å². The van der Waals surface area contributed by atoms with E-state index in [-0.39, 0.29) is 10.9 Å². The summed E-state index contributed by atoms with van der Waals surface area (Å²) >= 11 is 0. The average Bonchev–Trinajstić information content (AvgIpc) is 2.38. The second-order valence-electron chi connectivity index (χ2n) is 4.81. The molecule has 1 aliphatic rings. The van der Waals surface area contributed by atoms with Crippen LogP contribution in [-0.4, -0.2) is 38.4 Å². The highest BCUT2D eigenvalue weighted by molar-refractivity contribution is 7.89. The first kappa shape index (κ1) is 14.0. The minimum absolute atomic E-state index is 0.156. The Morgan fingerprint density at radius 3 is 2.79 bits per heavy atom. The van der Waals surface area contributed by atoms with E-state index in [2.05, 4.69) is 5.32 Å². The third-order valence-corrected chi connectivity index (χ3v) is 5.15. The van der Waals surface area contributed by atoms with Crippen LogP contribution in [0.1, 0.15) is 18.1 Å². The lowest BCUT2D eigenvalue weighted by molar-refractivity contribution is 0.310. The van der Waals surface area contributed by atoms with Gasteiger partial charge in [0.25, 0.3) is 0 Å². The number of rotatable bonds is 2. The zero-order valence-electron chi connectivity index (χ0n) is 11.0. The molecular weight excluding hydrogens is 262 g/mol. The molecule has 0 aliphatic carbocycles. The summed E-state index contributed by atoms with van der Waals surface area (Å²) in [6.45, 7) is 5.33. The molecular formula is C13H17N3O2S. The zero-order chi connectivity index (χ0) is 14.0. The molecule has 0 spiro atoms. The number of hydrogen-bond donors (Lipinski definition) is 1. The summed E-state index contributed by atoms with van der Waals surface area (Å²) in [6.07, 6.45) is 0. The molecule has 102 valence electrons. The highest BCUT2D eigenvalue weighted by atomic mass is 32.2. The van der Waals surface area contributed by atoms with Crippen molar-refractivity contribution < 1.29 is 8.42 Å². The number of piperazine rings is 1. The van der Waals surface area contributed by atoms with E-state index in [1.165, 1.54) is 10.4 Å². The molecule has 5 nitrogen and oxygen atoms in total. The van der Waals surface area contributed by atoms with Crippen LogP contribution in [-0.2, 0) is 10.0 Å². The van der Waals surface area contributed by atoms with Crippen molar-refractivity contribution in [3.63, 3.8) is 0 Å². The first-order valence-corrected chi connectivity index (χ1v) is 7.63. The normalized spacial score (nSPS) is 21.0. The Kier molecular flexibility index (Phi) is 3.90. The Morgan fingerprint density at radius 2 is 2.21 bits per heavy atom. The van der Waals surface area contributed by atoms with Crippen LogP contribution in [0.4, 0.5) is 0 Å². The van der Waals surface area contributed by atoms with Crippen molar-refractivity contribution in [1.82, 2.24) is 9.62 Å². The van der Waals surface area contributed by atoms with Gasteiger partial charge in [-0.1, -0.05) is 0 Å². The van der Waals surface area contributed by atoms with Gasteiger partial charge < -0.3 is 5.32 Å². The topological polar surface area (TPSA) is 73.2 Å². The Hall–Kier alpha value is -1.42. The molecule has 1 heterocycles. The number of nitrogens with zero attached hydrogens (tertiary/aromatic N) is 2. The molecule has 1 aromatic carbocycles. The van der Waals surface area contributed by atoms with E-state index in [1.54, 1.807) is 19.1 Å². The van der Waals surface area contributed by atoms with Gasteiger partial charge in [0, 0.05) is 25.7 Å². The van der Waals surface area contributed by atoms with Crippen LogP contribution in [0.3, 0.4) is 0 Å². The molecule has 1 aliphatic heterocycles. The average molecular weight is 279 g/mol. The van der Waals surface area contributed by atoms with Crippen LogP contribution in [0, 0.1) is 18.3 Å². The second-order valence-corrected chi connectivity index (χ2v) is 6.74. The predicted molar refractivity (Wildman–Crippen MR) is 72.1 cm³/mol. The van der Waals surface area contributed by atoms with Gasteiger partial charge in [0.15, 0.2) is 0 Å². The Morgan fingerprint density at radius 1 is 1.47 bits per heavy atom. The van der Waals surface area contributed by atoms with Gasteiger partial charge in [0.05, 0.1) is 16.5 Å². The van der Waals surface area contributed by atoms with E-state index in [0.717, 1.165) is 0 Å². The van der Waals surface area contributed by atoms with Crippen LogP contribution in [0.5, 0.6) is 0 Å². The minimum Gasteiger partial charge on any atom is -0.312 e. The van der Waals surface area contributed by atoms with Gasteiger partial charge in [-0.3, -0.25) is 0 Å². The molecule has 0 bridgehead atoms. The number of nitrogens with one attached hydrogen (secondary N) is 1. The summed E-state index contributed by atoms with van der Waals surface area (Å²) in [6, 6.07) is 6.84. The van der Waals surface area contributed by atoms with Crippen LogP contribution >= 0.6 is 0 Å². The predicted octanol–water partition coefficient (Wildman–Crippen LogP) is 0.849. The van der Waals surface area contributed by atoms with Crippen molar-refractivity contribution in [3.05, 3.63) is 29.3 Å². The molecule has 19 heavy (non-hydrogen) atoms. The van der Waals surface area contributed by atoms with Crippen LogP contribution in [0.25, 0.3) is 0 Å². The van der Waals surface area contributed by atoms with Crippen molar-refractivity contribution in [2.45, 2.75) is 24.8 Å². The number of aryl methyl sites for hydroxylation is 1. The maximum absolute atomic E-state index is 12.5. The van der Waals surface area contributed by atoms with Crippen molar-refractivity contribution in [3.8, 4) is 6.07 Å². The molecule has 0 saturated carbocycles. The van der Waals surface area contributed by atoms with Gasteiger partial charge in [-0.2, -0.15) is 9.57 Å². The molecule has 1 atom stereocenters. The first-order valence-electron chi connectivity index (χ1n) is 6.19. The summed E-state index contributed by atoms with van der Waals surface area (Å²) in [4.78, 5) is 0.262. The number of nitriles is 1. The number of hydrogen-bond acceptors (Lipinski definition) is 4. The van der Waals surface area contributed by atoms with Crippen LogP contribution in [0.2, 0.25) is 0 Å². The standard InChI is InChI=1S/C13H17N3O2S/c1-10-7-13(4-3-12(10)8-14)19(17,18)16-6-5-15-11(2)9-16/h3-4,7,11,15H,5-6,9H2,1-2H3/t11-/m0/s1. The largest absolute Gasteiger partial charge is 0.312 e. The second kappa shape index (κ2) is 5.29. The van der Waals surface area contributed by atoms with E-state index in [9.17, 15) is 8.42 Å². The molecule has 2 rings (SSSR count). The van der Waals surface area contributed by atoms with Gasteiger partial charge >= 0.3 is 0 Å². The summed E-state index contributed by atoms with van der Waals surface area (Å²) in [5, 5.41) is 12.1. The van der Waals surface area contributed by atoms with E-state index >= 15 is 0 Å². The van der Waals surface area contributed by atoms with Crippen LogP contribution in [0.15, 0.2) is 23.1 Å². The van der Waals surface area contributed by atoms with Crippen LogP contribution < -0.4 is 5.32 Å². The van der Waals surface area contributed by atoms with Gasteiger partial charge in [-0.15, -0.1) is 0 Å². The van der Waals surface area contributed by atoms with E-state index in [0.29, 0.717) is 30.8 Å². The smallest absolute Gasteiger partial charge is 0.243 e. The minimum atomic E-state index is -3.46. The maximum atomic E-state index is 12.5. The molecule has 1 N–H and O–H groups in total. The maximum Gasteiger partial charge on any atom is 0.243 e. The highest BCUT2D eigenvalue weighted by Gasteiger charge is 2.28. The SMILES string of the molecule is Cc1cc(S(=O)(=O)N2CCN[C@@H](C)C2)ccc1C#N. The number of sulfonamides is 1. The van der Waals surface area contributed by atoms with E-state index in [4.69, 9.17) is 5.26 Å². The Bertz CT molecular complexity index is 619. The molecule has 0 radical (unpaired) electrons. The van der Waals surface area contributed by atoms with Crippen molar-refractivity contribution >= 4 is 10.0 Å². The van der Waals surface area contributed by atoms with Crippen molar-refractivity contribution in [2.75, 3.05) is 19.6 Å². The number of benzene rings is 1. The van der Waals surface area contributed by atoms with Gasteiger partial charge in [-0.25, -0.2) is 8.42 Å². The van der Waals surface area contributed by atoms with Crippen molar-refractivity contribution in [2.24, 2.45) is 0 Å². The Balaban J connectivity index is 2.34. The van der Waals surface area contributed by atoms with E-state index < -0.39 is 10.0 Å². The third-order valence-electron chi connectivity index (χ3n) is 3.29. The molecule has 1 saturated heterocycles. The fourth-order valence-electron chi connectivity index (χ4n) is 2.19. The zero-order valence-corrected chi connectivity index (χ0v) is 11.9. The molecule has 1 fully saturated rings. The molecule has 0 amide bonds. The van der Waals surface area contributed by atoms with Crippen molar-refractivity contribution in [1.29, 1.82) is 5.26 Å². The Labute approximate surface area is 113 Å². The van der Waals surface area contributed by atoms with Gasteiger partial charge in [0.2, 0.25) is 10.0 Å². The fraction of sp³-hybridized carbons (Fsp3) is 0.462. The lowest BCUT2D eigenvalue weighted by Crippen LogP contribution is -2.51. The molecule has 0 aromatic heterocycles. The summed E-state index contributed by atoms with van der Waals surface area (Å²) in [5.74, 6) is 0. The monoisotopic (exact) mass is 279 g/mol. The summed E-state index contributed by atoms with van der Waals surface area (Å²) < 4.78 is 26.5. The lowest BCUT2D eigenvalue weighted by Gasteiger charge is -2.31. The third kappa shape index (κ3) is 2.78. The molecule has 0 unspecified atom stereocenters. The van der Waals surface area contributed by atoms with Gasteiger partial charge in [0.1, 0.15) is 0 Å². The van der Waals surface area contributed by atoms with E-state index in [1.807, 2.05) is 13.0 Å². The summed E-state index contributed by atoms with van der Waals surface area (Å²) in [5.41, 5.74) is 1.19.